The van der Waals surface area contributed by atoms with E-state index in [0.29, 0.717) is 23.4 Å². The monoisotopic (exact) mass is 443 g/mol. The highest BCUT2D eigenvalue weighted by molar-refractivity contribution is 5.70. The number of esters is 1. The first-order valence-electron chi connectivity index (χ1n) is 11.3. The Labute approximate surface area is 194 Å². The molecule has 2 aromatic carbocycles. The largest absolute Gasteiger partial charge is 0.465 e. The Kier molecular flexibility index (Phi) is 8.15. The first kappa shape index (κ1) is 23.9. The van der Waals surface area contributed by atoms with Crippen molar-refractivity contribution < 1.29 is 9.53 Å². The second kappa shape index (κ2) is 11.2. The third-order valence-corrected chi connectivity index (χ3v) is 5.59. The van der Waals surface area contributed by atoms with Gasteiger partial charge in [-0.25, -0.2) is 4.98 Å². The average molecular weight is 444 g/mol. The molecular weight excluding hydrogens is 414 g/mol. The first-order chi connectivity index (χ1) is 16.0. The molecule has 0 bridgehead atoms. The maximum atomic E-state index is 13.4. The molecule has 0 spiro atoms. The van der Waals surface area contributed by atoms with Gasteiger partial charge in [0.2, 0.25) is 0 Å². The molecule has 0 atom stereocenters. The van der Waals surface area contributed by atoms with Crippen LogP contribution >= 0.6 is 0 Å². The summed E-state index contributed by atoms with van der Waals surface area (Å²) in [5.41, 5.74) is 4.63. The summed E-state index contributed by atoms with van der Waals surface area (Å²) in [7, 11) is 0. The van der Waals surface area contributed by atoms with Gasteiger partial charge in [0.25, 0.3) is 5.56 Å². The number of nitrogens with zero attached hydrogens (tertiary/aromatic N) is 3. The van der Waals surface area contributed by atoms with E-state index in [1.807, 2.05) is 42.5 Å². The molecule has 33 heavy (non-hydrogen) atoms. The van der Waals surface area contributed by atoms with Crippen molar-refractivity contribution in [2.45, 2.75) is 53.0 Å². The Hall–Kier alpha value is -3.72. The minimum atomic E-state index is -0.447. The van der Waals surface area contributed by atoms with E-state index in [4.69, 9.17) is 4.74 Å². The summed E-state index contributed by atoms with van der Waals surface area (Å²) in [6.45, 7) is 5.72. The van der Waals surface area contributed by atoms with Crippen molar-refractivity contribution in [2.75, 3.05) is 6.61 Å². The van der Waals surface area contributed by atoms with Crippen molar-refractivity contribution in [1.29, 1.82) is 5.26 Å². The minimum absolute atomic E-state index is 0.142. The highest BCUT2D eigenvalue weighted by Gasteiger charge is 2.17. The summed E-state index contributed by atoms with van der Waals surface area (Å²) in [4.78, 5) is 30.1. The standard InChI is InChI=1S/C27H29N3O3/c1-4-6-11-25-24(27(32)30(19(3)29-25)18-26(31)33-5-2)16-20-12-14-21(15-13-20)23-10-8-7-9-22(23)17-28/h7-10,12-15H,4-6,11,16,18H2,1-3H3. The summed E-state index contributed by atoms with van der Waals surface area (Å²) in [5, 5.41) is 9.38. The molecule has 0 N–H and O–H groups in total. The quantitative estimate of drug-likeness (QED) is 0.452. The molecule has 170 valence electrons. The Morgan fingerprint density at radius 2 is 1.85 bits per heavy atom. The molecule has 0 aliphatic rings. The van der Waals surface area contributed by atoms with Gasteiger partial charge in [-0.2, -0.15) is 5.26 Å². The van der Waals surface area contributed by atoms with Crippen LogP contribution in [0, 0.1) is 18.3 Å². The summed E-state index contributed by atoms with van der Waals surface area (Å²) < 4.78 is 6.44. The molecular formula is C27H29N3O3. The molecule has 0 radical (unpaired) electrons. The molecule has 0 aliphatic carbocycles. The van der Waals surface area contributed by atoms with E-state index in [9.17, 15) is 14.9 Å². The van der Waals surface area contributed by atoms with Crippen LogP contribution in [0.1, 0.15) is 54.9 Å². The molecule has 3 aromatic rings. The van der Waals surface area contributed by atoms with Crippen LogP contribution in [0.25, 0.3) is 11.1 Å². The van der Waals surface area contributed by atoms with Crippen LogP contribution in [0.15, 0.2) is 53.3 Å². The number of unbranched alkanes of at least 4 members (excludes halogenated alkanes) is 1. The zero-order chi connectivity index (χ0) is 23.8. The lowest BCUT2D eigenvalue weighted by atomic mass is 9.97. The number of rotatable bonds is 9. The molecule has 0 fully saturated rings. The van der Waals surface area contributed by atoms with Gasteiger partial charge in [-0.05, 0) is 49.4 Å². The third kappa shape index (κ3) is 5.75. The number of carbonyl (C=O) groups is 1. The van der Waals surface area contributed by atoms with Crippen LogP contribution in [-0.4, -0.2) is 22.1 Å². The SMILES string of the molecule is CCCCc1nc(C)n(CC(=O)OCC)c(=O)c1Cc1ccc(-c2ccccc2C#N)cc1. The molecule has 0 saturated carbocycles. The van der Waals surface area contributed by atoms with E-state index in [2.05, 4.69) is 18.0 Å². The number of ether oxygens (including phenoxy) is 1. The van der Waals surface area contributed by atoms with Crippen molar-refractivity contribution in [3.8, 4) is 17.2 Å². The number of hydrogen-bond acceptors (Lipinski definition) is 5. The van der Waals surface area contributed by atoms with Gasteiger partial charge >= 0.3 is 5.97 Å². The minimum Gasteiger partial charge on any atom is -0.465 e. The molecule has 0 saturated heterocycles. The molecule has 6 nitrogen and oxygen atoms in total. The van der Waals surface area contributed by atoms with Crippen LogP contribution in [0.5, 0.6) is 0 Å². The summed E-state index contributed by atoms with van der Waals surface area (Å²) in [5.74, 6) is 0.0728. The zero-order valence-electron chi connectivity index (χ0n) is 19.4. The summed E-state index contributed by atoms with van der Waals surface area (Å²) in [6.07, 6.45) is 3.08. The van der Waals surface area contributed by atoms with Crippen molar-refractivity contribution >= 4 is 5.97 Å². The van der Waals surface area contributed by atoms with Crippen LogP contribution in [-0.2, 0) is 28.9 Å². The lowest BCUT2D eigenvalue weighted by molar-refractivity contribution is -0.143. The fourth-order valence-electron chi connectivity index (χ4n) is 3.85. The summed E-state index contributed by atoms with van der Waals surface area (Å²) in [6, 6.07) is 17.6. The Morgan fingerprint density at radius 1 is 1.12 bits per heavy atom. The molecule has 0 amide bonds. The lowest BCUT2D eigenvalue weighted by Crippen LogP contribution is -2.32. The highest BCUT2D eigenvalue weighted by Crippen LogP contribution is 2.24. The topological polar surface area (TPSA) is 85.0 Å². The van der Waals surface area contributed by atoms with Gasteiger partial charge in [-0.3, -0.25) is 14.2 Å². The van der Waals surface area contributed by atoms with Crippen molar-refractivity contribution in [3.63, 3.8) is 0 Å². The van der Waals surface area contributed by atoms with Gasteiger partial charge in [-0.15, -0.1) is 0 Å². The van der Waals surface area contributed by atoms with Gasteiger partial charge in [0.15, 0.2) is 0 Å². The normalized spacial score (nSPS) is 10.6. The van der Waals surface area contributed by atoms with E-state index >= 15 is 0 Å². The van der Waals surface area contributed by atoms with Gasteiger partial charge in [0.05, 0.1) is 23.9 Å². The smallest absolute Gasteiger partial charge is 0.326 e. The third-order valence-electron chi connectivity index (χ3n) is 5.59. The zero-order valence-corrected chi connectivity index (χ0v) is 19.4. The Morgan fingerprint density at radius 3 is 2.52 bits per heavy atom. The highest BCUT2D eigenvalue weighted by atomic mass is 16.5. The number of carbonyl (C=O) groups excluding carboxylic acids is 1. The van der Waals surface area contributed by atoms with Crippen LogP contribution in [0.3, 0.4) is 0 Å². The van der Waals surface area contributed by atoms with E-state index < -0.39 is 5.97 Å². The van der Waals surface area contributed by atoms with Crippen molar-refractivity contribution in [1.82, 2.24) is 9.55 Å². The van der Waals surface area contributed by atoms with Gasteiger partial charge in [0, 0.05) is 12.0 Å². The molecule has 6 heteroatoms. The Bertz CT molecular complexity index is 1220. The number of aromatic nitrogens is 2. The van der Waals surface area contributed by atoms with Gasteiger partial charge < -0.3 is 4.74 Å². The second-order valence-electron chi connectivity index (χ2n) is 7.92. The van der Waals surface area contributed by atoms with Crippen LogP contribution in [0.2, 0.25) is 0 Å². The van der Waals surface area contributed by atoms with E-state index in [0.717, 1.165) is 41.6 Å². The summed E-state index contributed by atoms with van der Waals surface area (Å²) >= 11 is 0. The molecule has 0 aliphatic heterocycles. The Balaban J connectivity index is 1.96. The van der Waals surface area contributed by atoms with E-state index in [-0.39, 0.29) is 18.7 Å². The van der Waals surface area contributed by atoms with E-state index in [1.54, 1.807) is 19.9 Å². The van der Waals surface area contributed by atoms with Gasteiger partial charge in [0.1, 0.15) is 12.4 Å². The first-order valence-corrected chi connectivity index (χ1v) is 11.3. The average Bonchev–Trinajstić information content (AvgIpc) is 2.83. The molecule has 1 heterocycles. The maximum absolute atomic E-state index is 13.4. The molecule has 0 unspecified atom stereocenters. The number of aryl methyl sites for hydroxylation is 2. The molecule has 3 rings (SSSR count). The van der Waals surface area contributed by atoms with Crippen LogP contribution in [0.4, 0.5) is 0 Å². The number of nitriles is 1. The van der Waals surface area contributed by atoms with E-state index in [1.165, 1.54) is 4.57 Å². The van der Waals surface area contributed by atoms with Crippen LogP contribution < -0.4 is 5.56 Å². The maximum Gasteiger partial charge on any atom is 0.326 e. The molecule has 1 aromatic heterocycles. The number of benzene rings is 2. The van der Waals surface area contributed by atoms with Crippen molar-refractivity contribution in [3.05, 3.63) is 87.1 Å². The predicted octanol–water partition coefficient (Wildman–Crippen LogP) is 4.59. The number of hydrogen-bond donors (Lipinski definition) is 0. The fraction of sp³-hybridized carbons (Fsp3) is 0.333. The second-order valence-corrected chi connectivity index (χ2v) is 7.92. The van der Waals surface area contributed by atoms with Crippen molar-refractivity contribution in [2.24, 2.45) is 0 Å². The lowest BCUT2D eigenvalue weighted by Gasteiger charge is -2.15. The predicted molar refractivity (Wildman–Crippen MR) is 128 cm³/mol. The fourth-order valence-corrected chi connectivity index (χ4v) is 3.85. The van der Waals surface area contributed by atoms with Gasteiger partial charge in [-0.1, -0.05) is 55.8 Å².